The fraction of sp³-hybridized carbons (Fsp3) is 0.310. The highest BCUT2D eigenvalue weighted by molar-refractivity contribution is 7.92. The third kappa shape index (κ3) is 6.98. The van der Waals surface area contributed by atoms with Crippen molar-refractivity contribution in [2.24, 2.45) is 0 Å². The summed E-state index contributed by atoms with van der Waals surface area (Å²) in [5.41, 5.74) is 3.19. The Balaban J connectivity index is 2.04. The minimum atomic E-state index is -4.06. The zero-order chi connectivity index (χ0) is 27.0. The zero-order valence-corrected chi connectivity index (χ0v) is 22.7. The van der Waals surface area contributed by atoms with Crippen LogP contribution < -0.4 is 9.62 Å². The molecule has 3 aromatic rings. The van der Waals surface area contributed by atoms with Crippen molar-refractivity contribution in [1.29, 1.82) is 0 Å². The number of amides is 2. The van der Waals surface area contributed by atoms with Gasteiger partial charge in [0.05, 0.1) is 10.6 Å². The number of nitrogens with zero attached hydrogens (tertiary/aromatic N) is 2. The van der Waals surface area contributed by atoms with Crippen molar-refractivity contribution in [1.82, 2.24) is 10.2 Å². The van der Waals surface area contributed by atoms with Crippen LogP contribution in [-0.4, -0.2) is 44.3 Å². The first kappa shape index (κ1) is 27.9. The number of anilines is 1. The van der Waals surface area contributed by atoms with Gasteiger partial charge in [0.15, 0.2) is 0 Å². The van der Waals surface area contributed by atoms with Gasteiger partial charge in [-0.2, -0.15) is 0 Å². The third-order valence-corrected chi connectivity index (χ3v) is 7.90. The lowest BCUT2D eigenvalue weighted by molar-refractivity contribution is -0.140. The summed E-state index contributed by atoms with van der Waals surface area (Å²) in [4.78, 5) is 28.4. The molecule has 0 saturated carbocycles. The van der Waals surface area contributed by atoms with Crippen LogP contribution in [0.2, 0.25) is 0 Å². The van der Waals surface area contributed by atoms with E-state index < -0.39 is 28.5 Å². The topological polar surface area (TPSA) is 86.8 Å². The molecular weight excluding hydrogens is 486 g/mol. The molecule has 1 N–H and O–H groups in total. The summed E-state index contributed by atoms with van der Waals surface area (Å²) in [6.45, 7) is 7.68. The lowest BCUT2D eigenvalue weighted by Crippen LogP contribution is -2.52. The van der Waals surface area contributed by atoms with E-state index in [0.717, 1.165) is 21.0 Å². The van der Waals surface area contributed by atoms with E-state index in [1.165, 1.54) is 17.0 Å². The van der Waals surface area contributed by atoms with Gasteiger partial charge >= 0.3 is 0 Å². The Morgan fingerprint density at radius 2 is 1.54 bits per heavy atom. The number of hydrogen-bond acceptors (Lipinski definition) is 4. The molecule has 0 aromatic heterocycles. The highest BCUT2D eigenvalue weighted by atomic mass is 32.2. The Hall–Kier alpha value is -3.65. The van der Waals surface area contributed by atoms with Crippen molar-refractivity contribution in [3.8, 4) is 0 Å². The maximum Gasteiger partial charge on any atom is 0.264 e. The molecule has 196 valence electrons. The molecule has 0 fully saturated rings. The SMILES string of the molecule is CCNC(=O)C(CC)N(Cc1ccc(C)cc1)C(=O)CN(c1cccc(C)c1)S(=O)(=O)c1ccccc1. The van der Waals surface area contributed by atoms with E-state index in [1.54, 1.807) is 36.4 Å². The molecule has 0 heterocycles. The maximum absolute atomic E-state index is 13.9. The van der Waals surface area contributed by atoms with Crippen molar-refractivity contribution in [3.05, 3.63) is 95.6 Å². The molecule has 3 rings (SSSR count). The molecular formula is C29H35N3O4S. The smallest absolute Gasteiger partial charge is 0.264 e. The van der Waals surface area contributed by atoms with Gasteiger partial charge in [-0.1, -0.05) is 67.1 Å². The Bertz CT molecular complexity index is 1310. The first-order valence-electron chi connectivity index (χ1n) is 12.4. The molecule has 3 aromatic carbocycles. The molecule has 7 nitrogen and oxygen atoms in total. The molecule has 1 unspecified atom stereocenters. The van der Waals surface area contributed by atoms with Crippen molar-refractivity contribution in [3.63, 3.8) is 0 Å². The maximum atomic E-state index is 13.9. The quantitative estimate of drug-likeness (QED) is 0.404. The van der Waals surface area contributed by atoms with Crippen LogP contribution in [0, 0.1) is 13.8 Å². The monoisotopic (exact) mass is 521 g/mol. The molecule has 0 bridgehead atoms. The highest BCUT2D eigenvalue weighted by Crippen LogP contribution is 2.25. The summed E-state index contributed by atoms with van der Waals surface area (Å²) in [7, 11) is -4.06. The van der Waals surface area contributed by atoms with Crippen molar-refractivity contribution in [2.75, 3.05) is 17.4 Å². The first-order valence-corrected chi connectivity index (χ1v) is 13.9. The van der Waals surface area contributed by atoms with Gasteiger partial charge < -0.3 is 10.2 Å². The second-order valence-corrected chi connectivity index (χ2v) is 10.9. The Kier molecular flexibility index (Phi) is 9.47. The summed E-state index contributed by atoms with van der Waals surface area (Å²) in [5, 5.41) is 2.81. The lowest BCUT2D eigenvalue weighted by Gasteiger charge is -2.33. The highest BCUT2D eigenvalue weighted by Gasteiger charge is 2.33. The van der Waals surface area contributed by atoms with E-state index in [2.05, 4.69) is 5.32 Å². The molecule has 2 amide bonds. The van der Waals surface area contributed by atoms with Crippen LogP contribution in [0.1, 0.15) is 37.0 Å². The molecule has 0 spiro atoms. The Morgan fingerprint density at radius 1 is 0.865 bits per heavy atom. The number of aryl methyl sites for hydroxylation is 2. The van der Waals surface area contributed by atoms with Crippen molar-refractivity contribution < 1.29 is 18.0 Å². The number of carbonyl (C=O) groups is 2. The molecule has 0 aliphatic heterocycles. The van der Waals surface area contributed by atoms with Crippen LogP contribution in [0.25, 0.3) is 0 Å². The van der Waals surface area contributed by atoms with Gasteiger partial charge in [-0.05, 0) is 62.6 Å². The van der Waals surface area contributed by atoms with E-state index in [0.29, 0.717) is 18.7 Å². The molecule has 0 aliphatic rings. The number of likely N-dealkylation sites (N-methyl/N-ethyl adjacent to an activating group) is 1. The number of benzene rings is 3. The van der Waals surface area contributed by atoms with Gasteiger partial charge in [-0.3, -0.25) is 13.9 Å². The Morgan fingerprint density at radius 3 is 2.14 bits per heavy atom. The predicted octanol–water partition coefficient (Wildman–Crippen LogP) is 4.44. The summed E-state index contributed by atoms with van der Waals surface area (Å²) in [6.07, 6.45) is 0.388. The van der Waals surface area contributed by atoms with Gasteiger partial charge in [0.1, 0.15) is 12.6 Å². The largest absolute Gasteiger partial charge is 0.355 e. The van der Waals surface area contributed by atoms with Gasteiger partial charge in [-0.15, -0.1) is 0 Å². The summed E-state index contributed by atoms with van der Waals surface area (Å²) >= 11 is 0. The minimum absolute atomic E-state index is 0.0881. The average Bonchev–Trinajstić information content (AvgIpc) is 2.88. The van der Waals surface area contributed by atoms with Crippen LogP contribution in [0.5, 0.6) is 0 Å². The van der Waals surface area contributed by atoms with Crippen molar-refractivity contribution >= 4 is 27.5 Å². The zero-order valence-electron chi connectivity index (χ0n) is 21.8. The number of rotatable bonds is 11. The average molecular weight is 522 g/mol. The van der Waals surface area contributed by atoms with Crippen LogP contribution in [0.4, 0.5) is 5.69 Å². The number of nitrogens with one attached hydrogen (secondary N) is 1. The molecule has 0 aliphatic carbocycles. The van der Waals surface area contributed by atoms with E-state index in [-0.39, 0.29) is 17.3 Å². The third-order valence-electron chi connectivity index (χ3n) is 6.11. The normalized spacial score (nSPS) is 12.0. The predicted molar refractivity (Wildman–Crippen MR) is 147 cm³/mol. The molecule has 37 heavy (non-hydrogen) atoms. The van der Waals surface area contributed by atoms with E-state index >= 15 is 0 Å². The minimum Gasteiger partial charge on any atom is -0.355 e. The Labute approximate surface area is 220 Å². The summed E-state index contributed by atoms with van der Waals surface area (Å²) in [5.74, 6) is -0.724. The van der Waals surface area contributed by atoms with E-state index in [1.807, 2.05) is 58.0 Å². The van der Waals surface area contributed by atoms with Gasteiger partial charge in [-0.25, -0.2) is 8.42 Å². The molecule has 0 radical (unpaired) electrons. The van der Waals surface area contributed by atoms with E-state index in [9.17, 15) is 18.0 Å². The summed E-state index contributed by atoms with van der Waals surface area (Å²) in [6, 6.07) is 22.1. The van der Waals surface area contributed by atoms with Gasteiger partial charge in [0.25, 0.3) is 10.0 Å². The second-order valence-electron chi connectivity index (χ2n) is 8.99. The molecule has 1 atom stereocenters. The number of hydrogen-bond donors (Lipinski definition) is 1. The lowest BCUT2D eigenvalue weighted by atomic mass is 10.1. The number of sulfonamides is 1. The van der Waals surface area contributed by atoms with Crippen molar-refractivity contribution in [2.45, 2.75) is 51.6 Å². The molecule has 0 saturated heterocycles. The van der Waals surface area contributed by atoms with Crippen LogP contribution in [0.15, 0.2) is 83.8 Å². The number of carbonyl (C=O) groups excluding carboxylic acids is 2. The van der Waals surface area contributed by atoms with Gasteiger partial charge in [0, 0.05) is 13.1 Å². The molecule has 8 heteroatoms. The second kappa shape index (κ2) is 12.5. The summed E-state index contributed by atoms with van der Waals surface area (Å²) < 4.78 is 28.6. The fourth-order valence-corrected chi connectivity index (χ4v) is 5.56. The first-order chi connectivity index (χ1) is 17.7. The van der Waals surface area contributed by atoms with Crippen LogP contribution >= 0.6 is 0 Å². The standard InChI is InChI=1S/C29H35N3O4S/c1-5-27(29(34)30-6-2)31(20-24-17-15-22(3)16-18-24)28(33)21-32(25-12-10-11-23(4)19-25)37(35,36)26-13-8-7-9-14-26/h7-19,27H,5-6,20-21H2,1-4H3,(H,30,34). The van der Waals surface area contributed by atoms with E-state index in [4.69, 9.17) is 0 Å². The fourth-order valence-electron chi connectivity index (χ4n) is 4.13. The van der Waals surface area contributed by atoms with Crippen LogP contribution in [0.3, 0.4) is 0 Å². The van der Waals surface area contributed by atoms with Crippen LogP contribution in [-0.2, 0) is 26.2 Å². The van der Waals surface area contributed by atoms with Gasteiger partial charge in [0.2, 0.25) is 11.8 Å².